The van der Waals surface area contributed by atoms with E-state index in [9.17, 15) is 4.79 Å². The molecular weight excluding hydrogens is 528 g/mol. The van der Waals surface area contributed by atoms with Gasteiger partial charge in [-0.2, -0.15) is 0 Å². The van der Waals surface area contributed by atoms with Crippen LogP contribution < -0.4 is 4.74 Å². The Morgan fingerprint density at radius 2 is 1.19 bits per heavy atom. The smallest absolute Gasteiger partial charge is 0.308 e. The molecule has 1 aliphatic carbocycles. The van der Waals surface area contributed by atoms with Crippen LogP contribution >= 0.6 is 31.9 Å². The molecule has 0 fully saturated rings. The molecule has 0 amide bonds. The second-order valence-electron chi connectivity index (χ2n) is 8.11. The molecule has 0 bridgehead atoms. The van der Waals surface area contributed by atoms with Gasteiger partial charge >= 0.3 is 5.97 Å². The van der Waals surface area contributed by atoms with E-state index in [0.29, 0.717) is 5.75 Å². The Morgan fingerprint density at radius 3 is 1.66 bits per heavy atom. The van der Waals surface area contributed by atoms with E-state index in [-0.39, 0.29) is 5.97 Å². The molecule has 5 rings (SSSR count). The lowest BCUT2D eigenvalue weighted by Gasteiger charge is -2.34. The molecule has 4 heteroatoms. The van der Waals surface area contributed by atoms with Gasteiger partial charge in [-0.25, -0.2) is 0 Å². The van der Waals surface area contributed by atoms with Gasteiger partial charge < -0.3 is 4.74 Å². The molecule has 0 spiro atoms. The third-order valence-electron chi connectivity index (χ3n) is 6.09. The highest BCUT2D eigenvalue weighted by Crippen LogP contribution is 2.57. The normalized spacial score (nSPS) is 13.4. The molecule has 0 radical (unpaired) electrons. The number of aryl methyl sites for hydroxylation is 1. The highest BCUT2D eigenvalue weighted by Gasteiger charge is 2.46. The van der Waals surface area contributed by atoms with E-state index in [1.54, 1.807) is 0 Å². The number of carbonyl (C=O) groups is 1. The fourth-order valence-electron chi connectivity index (χ4n) is 4.80. The van der Waals surface area contributed by atoms with Crippen LogP contribution in [0.2, 0.25) is 0 Å². The van der Waals surface area contributed by atoms with Crippen LogP contribution in [0, 0.1) is 6.92 Å². The largest absolute Gasteiger partial charge is 0.427 e. The van der Waals surface area contributed by atoms with Gasteiger partial charge in [-0.3, -0.25) is 4.79 Å². The van der Waals surface area contributed by atoms with Crippen molar-refractivity contribution in [2.75, 3.05) is 0 Å². The molecule has 0 aliphatic heterocycles. The van der Waals surface area contributed by atoms with Crippen LogP contribution in [0.3, 0.4) is 0 Å². The van der Waals surface area contributed by atoms with E-state index in [1.807, 2.05) is 12.1 Å². The number of rotatable bonds is 3. The zero-order valence-electron chi connectivity index (χ0n) is 17.7. The van der Waals surface area contributed by atoms with Crippen molar-refractivity contribution in [2.45, 2.75) is 19.3 Å². The molecule has 4 aromatic carbocycles. The monoisotopic (exact) mass is 546 g/mol. The molecule has 0 unspecified atom stereocenters. The fraction of sp³-hybridized carbons (Fsp3) is 0.107. The second kappa shape index (κ2) is 8.02. The number of esters is 1. The third kappa shape index (κ3) is 3.33. The van der Waals surface area contributed by atoms with E-state index >= 15 is 0 Å². The highest BCUT2D eigenvalue weighted by molar-refractivity contribution is 9.10. The summed E-state index contributed by atoms with van der Waals surface area (Å²) in [4.78, 5) is 11.4. The van der Waals surface area contributed by atoms with Gasteiger partial charge in [0.2, 0.25) is 0 Å². The lowest BCUT2D eigenvalue weighted by atomic mass is 9.67. The predicted molar refractivity (Wildman–Crippen MR) is 135 cm³/mol. The van der Waals surface area contributed by atoms with Gasteiger partial charge in [0.1, 0.15) is 5.75 Å². The zero-order valence-corrected chi connectivity index (χ0v) is 20.8. The van der Waals surface area contributed by atoms with Crippen LogP contribution in [-0.4, -0.2) is 5.97 Å². The van der Waals surface area contributed by atoms with Gasteiger partial charge in [0, 0.05) is 15.9 Å². The standard InChI is InChI=1S/C28H20Br2O2/c1-17-3-5-19(6-4-17)28(20-7-11-23(12-8-20)32-18(2)31)26-15-21(29)9-13-24(26)25-14-10-22(30)16-27(25)28/h3-16H,1-2H3. The summed E-state index contributed by atoms with van der Waals surface area (Å²) in [6.07, 6.45) is 0. The minimum Gasteiger partial charge on any atom is -0.427 e. The molecule has 32 heavy (non-hydrogen) atoms. The zero-order chi connectivity index (χ0) is 22.5. The molecule has 0 N–H and O–H groups in total. The Morgan fingerprint density at radius 1 is 0.719 bits per heavy atom. The molecule has 0 saturated heterocycles. The fourth-order valence-corrected chi connectivity index (χ4v) is 5.52. The maximum absolute atomic E-state index is 11.4. The van der Waals surface area contributed by atoms with Crippen molar-refractivity contribution in [2.24, 2.45) is 0 Å². The number of halogens is 2. The SMILES string of the molecule is CC(=O)Oc1ccc(C2(c3ccc(C)cc3)c3cc(Br)ccc3-c3ccc(Br)cc32)cc1. The number of hydrogen-bond acceptors (Lipinski definition) is 2. The summed E-state index contributed by atoms with van der Waals surface area (Å²) in [6.45, 7) is 3.52. The maximum atomic E-state index is 11.4. The maximum Gasteiger partial charge on any atom is 0.308 e. The predicted octanol–water partition coefficient (Wildman–Crippen LogP) is 7.81. The lowest BCUT2D eigenvalue weighted by molar-refractivity contribution is -0.131. The van der Waals surface area contributed by atoms with E-state index < -0.39 is 5.41 Å². The summed E-state index contributed by atoms with van der Waals surface area (Å²) < 4.78 is 7.39. The summed E-state index contributed by atoms with van der Waals surface area (Å²) >= 11 is 7.41. The molecule has 0 heterocycles. The number of fused-ring (bicyclic) bond motifs is 3. The van der Waals surface area contributed by atoms with Crippen molar-refractivity contribution in [1.82, 2.24) is 0 Å². The van der Waals surface area contributed by atoms with Crippen molar-refractivity contribution in [1.29, 1.82) is 0 Å². The Hall–Kier alpha value is -2.69. The van der Waals surface area contributed by atoms with Crippen LogP contribution in [-0.2, 0) is 10.2 Å². The van der Waals surface area contributed by atoms with Crippen molar-refractivity contribution < 1.29 is 9.53 Å². The van der Waals surface area contributed by atoms with E-state index in [2.05, 4.69) is 112 Å². The molecule has 0 aromatic heterocycles. The number of hydrogen-bond donors (Lipinski definition) is 0. The van der Waals surface area contributed by atoms with Gasteiger partial charge in [0.15, 0.2) is 0 Å². The van der Waals surface area contributed by atoms with Crippen LogP contribution in [0.4, 0.5) is 0 Å². The summed E-state index contributed by atoms with van der Waals surface area (Å²) in [5.41, 5.74) is 7.93. The topological polar surface area (TPSA) is 26.3 Å². The van der Waals surface area contributed by atoms with Gasteiger partial charge in [0.25, 0.3) is 0 Å². The Labute approximate surface area is 204 Å². The first kappa shape index (κ1) is 21.2. The lowest BCUT2D eigenvalue weighted by Crippen LogP contribution is -2.28. The molecule has 4 aromatic rings. The van der Waals surface area contributed by atoms with Crippen LogP contribution in [0.1, 0.15) is 34.7 Å². The number of carbonyl (C=O) groups excluding carboxylic acids is 1. The van der Waals surface area contributed by atoms with Crippen LogP contribution in [0.15, 0.2) is 93.9 Å². The van der Waals surface area contributed by atoms with Crippen molar-refractivity contribution in [3.63, 3.8) is 0 Å². The van der Waals surface area contributed by atoms with E-state index in [1.165, 1.54) is 40.3 Å². The van der Waals surface area contributed by atoms with Crippen LogP contribution in [0.5, 0.6) is 5.75 Å². The summed E-state index contributed by atoms with van der Waals surface area (Å²) in [5.74, 6) is 0.220. The molecule has 0 saturated carbocycles. The van der Waals surface area contributed by atoms with Crippen molar-refractivity contribution >= 4 is 37.8 Å². The summed E-state index contributed by atoms with van der Waals surface area (Å²) in [5, 5.41) is 0. The first-order valence-corrected chi connectivity index (χ1v) is 11.9. The van der Waals surface area contributed by atoms with Crippen LogP contribution in [0.25, 0.3) is 11.1 Å². The first-order chi connectivity index (χ1) is 15.4. The average Bonchev–Trinajstić information content (AvgIpc) is 3.04. The van der Waals surface area contributed by atoms with Gasteiger partial charge in [-0.05, 0) is 76.7 Å². The minimum atomic E-state index is -0.499. The van der Waals surface area contributed by atoms with Gasteiger partial charge in [-0.1, -0.05) is 86.0 Å². The third-order valence-corrected chi connectivity index (χ3v) is 7.08. The average molecular weight is 548 g/mol. The first-order valence-electron chi connectivity index (χ1n) is 10.4. The number of benzene rings is 4. The van der Waals surface area contributed by atoms with E-state index in [4.69, 9.17) is 4.74 Å². The Balaban J connectivity index is 1.87. The van der Waals surface area contributed by atoms with Gasteiger partial charge in [-0.15, -0.1) is 0 Å². The second-order valence-corrected chi connectivity index (χ2v) is 9.95. The molecule has 0 atom stereocenters. The Kier molecular flexibility index (Phi) is 5.31. The number of ether oxygens (including phenoxy) is 1. The molecule has 158 valence electrons. The molecule has 1 aliphatic rings. The highest BCUT2D eigenvalue weighted by atomic mass is 79.9. The minimum absolute atomic E-state index is 0.324. The Bertz CT molecular complexity index is 1290. The molecular formula is C28H20Br2O2. The van der Waals surface area contributed by atoms with Crippen molar-refractivity contribution in [3.8, 4) is 16.9 Å². The summed E-state index contributed by atoms with van der Waals surface area (Å²) in [6, 6.07) is 29.7. The van der Waals surface area contributed by atoms with Crippen molar-refractivity contribution in [3.05, 3.63) is 122 Å². The summed E-state index contributed by atoms with van der Waals surface area (Å²) in [7, 11) is 0. The molecule has 2 nitrogen and oxygen atoms in total. The van der Waals surface area contributed by atoms with Gasteiger partial charge in [0.05, 0.1) is 5.41 Å². The quantitative estimate of drug-likeness (QED) is 0.170. The van der Waals surface area contributed by atoms with E-state index in [0.717, 1.165) is 14.5 Å².